The lowest BCUT2D eigenvalue weighted by molar-refractivity contribution is 0.465. The molecule has 0 amide bonds. The molecule has 1 aromatic carbocycles. The Hall–Kier alpha value is -2.07. The van der Waals surface area contributed by atoms with Crippen molar-refractivity contribution in [1.29, 1.82) is 0 Å². The van der Waals surface area contributed by atoms with E-state index in [1.807, 2.05) is 12.1 Å². The molecule has 1 saturated heterocycles. The van der Waals surface area contributed by atoms with Crippen LogP contribution in [0, 0.1) is 0 Å². The van der Waals surface area contributed by atoms with Crippen LogP contribution in [0.1, 0.15) is 24.6 Å². The number of aromatic nitrogens is 1. The minimum Gasteiger partial charge on any atom is -0.467 e. The van der Waals surface area contributed by atoms with Gasteiger partial charge in [-0.05, 0) is 25.0 Å². The van der Waals surface area contributed by atoms with Crippen molar-refractivity contribution in [2.75, 3.05) is 11.4 Å². The summed E-state index contributed by atoms with van der Waals surface area (Å²) >= 11 is 1.72. The topological polar surface area (TPSA) is 29.3 Å². The summed E-state index contributed by atoms with van der Waals surface area (Å²) in [5, 5.41) is 3.23. The predicted octanol–water partition coefficient (Wildman–Crippen LogP) is 4.74. The van der Waals surface area contributed by atoms with Gasteiger partial charge in [-0.2, -0.15) is 0 Å². The number of thiazole rings is 1. The lowest BCUT2D eigenvalue weighted by Gasteiger charge is -2.22. The van der Waals surface area contributed by atoms with Gasteiger partial charge in [-0.15, -0.1) is 11.3 Å². The Morgan fingerprint density at radius 3 is 2.86 bits per heavy atom. The fourth-order valence-electron chi connectivity index (χ4n) is 2.91. The van der Waals surface area contributed by atoms with Crippen molar-refractivity contribution < 1.29 is 4.42 Å². The second-order valence-corrected chi connectivity index (χ2v) is 6.08. The molecule has 21 heavy (non-hydrogen) atoms. The standard InChI is InChI=1S/C17H16N2OS/c1-2-6-13(7-3-1)14-12-21-17(18-14)19-10-4-8-15(19)16-9-5-11-20-16/h1-3,5-7,9,11-12,15H,4,8,10H2. The molecule has 1 aliphatic rings. The van der Waals surface area contributed by atoms with Crippen molar-refractivity contribution in [2.45, 2.75) is 18.9 Å². The minimum absolute atomic E-state index is 0.328. The molecule has 0 aliphatic carbocycles. The molecule has 2 aromatic heterocycles. The number of benzene rings is 1. The molecule has 3 heterocycles. The molecule has 1 unspecified atom stereocenters. The number of nitrogens with zero attached hydrogens (tertiary/aromatic N) is 2. The van der Waals surface area contributed by atoms with Crippen LogP contribution in [0.5, 0.6) is 0 Å². The van der Waals surface area contributed by atoms with Crippen molar-refractivity contribution >= 4 is 16.5 Å². The van der Waals surface area contributed by atoms with E-state index in [4.69, 9.17) is 9.40 Å². The summed E-state index contributed by atoms with van der Waals surface area (Å²) in [4.78, 5) is 7.20. The van der Waals surface area contributed by atoms with Gasteiger partial charge in [0.15, 0.2) is 5.13 Å². The molecule has 106 valence electrons. The average Bonchev–Trinajstić information content (AvgIpc) is 3.27. The number of hydrogen-bond acceptors (Lipinski definition) is 4. The molecule has 0 spiro atoms. The summed E-state index contributed by atoms with van der Waals surface area (Å²) in [7, 11) is 0. The lowest BCUT2D eigenvalue weighted by atomic mass is 10.2. The van der Waals surface area contributed by atoms with E-state index in [0.29, 0.717) is 6.04 Å². The van der Waals surface area contributed by atoms with Gasteiger partial charge in [0.1, 0.15) is 5.76 Å². The third-order valence-corrected chi connectivity index (χ3v) is 4.81. The highest BCUT2D eigenvalue weighted by molar-refractivity contribution is 7.14. The van der Waals surface area contributed by atoms with E-state index >= 15 is 0 Å². The molecule has 0 N–H and O–H groups in total. The molecule has 1 aliphatic heterocycles. The Morgan fingerprint density at radius 1 is 1.14 bits per heavy atom. The molecule has 3 aromatic rings. The van der Waals surface area contributed by atoms with Gasteiger partial charge in [0.2, 0.25) is 0 Å². The van der Waals surface area contributed by atoms with Gasteiger partial charge >= 0.3 is 0 Å². The van der Waals surface area contributed by atoms with Gasteiger partial charge in [-0.3, -0.25) is 0 Å². The average molecular weight is 296 g/mol. The Bertz CT molecular complexity index is 705. The van der Waals surface area contributed by atoms with Gasteiger partial charge in [-0.1, -0.05) is 30.3 Å². The summed E-state index contributed by atoms with van der Waals surface area (Å²) in [5.74, 6) is 1.05. The number of anilines is 1. The third-order valence-electron chi connectivity index (χ3n) is 3.93. The molecule has 0 bridgehead atoms. The zero-order valence-corrected chi connectivity index (χ0v) is 12.4. The van der Waals surface area contributed by atoms with E-state index in [9.17, 15) is 0 Å². The predicted molar refractivity (Wildman–Crippen MR) is 85.6 cm³/mol. The van der Waals surface area contributed by atoms with Crippen LogP contribution >= 0.6 is 11.3 Å². The quantitative estimate of drug-likeness (QED) is 0.699. The van der Waals surface area contributed by atoms with Gasteiger partial charge in [0, 0.05) is 17.5 Å². The maximum absolute atomic E-state index is 5.60. The summed E-state index contributed by atoms with van der Waals surface area (Å²) in [6.07, 6.45) is 4.07. The van der Waals surface area contributed by atoms with Crippen molar-refractivity contribution in [1.82, 2.24) is 4.98 Å². The molecule has 4 rings (SSSR count). The van der Waals surface area contributed by atoms with Crippen LogP contribution in [0.2, 0.25) is 0 Å². The Balaban J connectivity index is 1.63. The highest BCUT2D eigenvalue weighted by Crippen LogP contribution is 2.38. The van der Waals surface area contributed by atoms with Crippen LogP contribution < -0.4 is 4.90 Å². The van der Waals surface area contributed by atoms with Gasteiger partial charge in [0.25, 0.3) is 0 Å². The normalized spacial score (nSPS) is 18.3. The van der Waals surface area contributed by atoms with Crippen LogP contribution in [0.25, 0.3) is 11.3 Å². The number of hydrogen-bond donors (Lipinski definition) is 0. The van der Waals surface area contributed by atoms with E-state index in [-0.39, 0.29) is 0 Å². The first-order valence-corrected chi connectivity index (χ1v) is 8.11. The third kappa shape index (κ3) is 2.36. The molecular formula is C17H16N2OS. The van der Waals surface area contributed by atoms with Gasteiger partial charge in [0.05, 0.1) is 18.0 Å². The molecule has 4 heteroatoms. The Morgan fingerprint density at radius 2 is 2.05 bits per heavy atom. The van der Waals surface area contributed by atoms with Crippen LogP contribution in [-0.4, -0.2) is 11.5 Å². The maximum Gasteiger partial charge on any atom is 0.186 e. The van der Waals surface area contributed by atoms with Crippen LogP contribution in [0.3, 0.4) is 0 Å². The SMILES string of the molecule is c1ccc(-c2csc(N3CCCC3c3ccco3)n2)cc1. The van der Waals surface area contributed by atoms with Crippen LogP contribution in [-0.2, 0) is 0 Å². The van der Waals surface area contributed by atoms with Crippen molar-refractivity contribution in [2.24, 2.45) is 0 Å². The summed E-state index contributed by atoms with van der Waals surface area (Å²) < 4.78 is 5.60. The minimum atomic E-state index is 0.328. The van der Waals surface area contributed by atoms with E-state index in [1.165, 1.54) is 12.0 Å². The Kier molecular flexibility index (Phi) is 3.24. The van der Waals surface area contributed by atoms with E-state index in [2.05, 4.69) is 40.6 Å². The number of furan rings is 1. The monoisotopic (exact) mass is 296 g/mol. The van der Waals surface area contributed by atoms with Crippen LogP contribution in [0.15, 0.2) is 58.5 Å². The van der Waals surface area contributed by atoms with Crippen molar-refractivity contribution in [3.05, 3.63) is 59.9 Å². The summed E-state index contributed by atoms with van der Waals surface area (Å²) in [5.41, 5.74) is 2.23. The van der Waals surface area contributed by atoms with Crippen LogP contribution in [0.4, 0.5) is 5.13 Å². The smallest absolute Gasteiger partial charge is 0.186 e. The molecular weight excluding hydrogens is 280 g/mol. The first-order chi connectivity index (χ1) is 10.4. The van der Waals surface area contributed by atoms with Crippen molar-refractivity contribution in [3.8, 4) is 11.3 Å². The highest BCUT2D eigenvalue weighted by Gasteiger charge is 2.30. The molecule has 0 saturated carbocycles. The lowest BCUT2D eigenvalue weighted by Crippen LogP contribution is -2.21. The second kappa shape index (κ2) is 5.37. The molecule has 1 fully saturated rings. The first-order valence-electron chi connectivity index (χ1n) is 7.23. The van der Waals surface area contributed by atoms with E-state index in [1.54, 1.807) is 17.6 Å². The summed E-state index contributed by atoms with van der Waals surface area (Å²) in [6, 6.07) is 14.7. The second-order valence-electron chi connectivity index (χ2n) is 5.25. The number of rotatable bonds is 3. The molecule has 3 nitrogen and oxygen atoms in total. The fourth-order valence-corrected chi connectivity index (χ4v) is 3.82. The van der Waals surface area contributed by atoms with E-state index in [0.717, 1.165) is 29.6 Å². The Labute approximate surface area is 127 Å². The van der Waals surface area contributed by atoms with Gasteiger partial charge < -0.3 is 9.32 Å². The van der Waals surface area contributed by atoms with Crippen molar-refractivity contribution in [3.63, 3.8) is 0 Å². The fraction of sp³-hybridized carbons (Fsp3) is 0.235. The van der Waals surface area contributed by atoms with Gasteiger partial charge in [-0.25, -0.2) is 4.98 Å². The molecule has 0 radical (unpaired) electrons. The van der Waals surface area contributed by atoms with E-state index < -0.39 is 0 Å². The first kappa shape index (κ1) is 12.7. The molecule has 1 atom stereocenters. The largest absolute Gasteiger partial charge is 0.467 e. The summed E-state index contributed by atoms with van der Waals surface area (Å²) in [6.45, 7) is 1.05. The zero-order valence-electron chi connectivity index (χ0n) is 11.6. The zero-order chi connectivity index (χ0) is 14.1. The maximum atomic E-state index is 5.60. The highest BCUT2D eigenvalue weighted by atomic mass is 32.1.